The average molecular weight is 496 g/mol. The minimum Gasteiger partial charge on any atom is -0.480 e. The van der Waals surface area contributed by atoms with Crippen molar-refractivity contribution < 1.29 is 24.2 Å². The fourth-order valence-corrected chi connectivity index (χ4v) is 5.09. The summed E-state index contributed by atoms with van der Waals surface area (Å²) in [4.78, 5) is 31.0. The van der Waals surface area contributed by atoms with Crippen molar-refractivity contribution in [3.05, 3.63) is 53.7 Å². The molecule has 2 aromatic heterocycles. The lowest BCUT2D eigenvalue weighted by Crippen LogP contribution is -2.54. The second-order valence-corrected chi connectivity index (χ2v) is 9.50. The van der Waals surface area contributed by atoms with Gasteiger partial charge in [0.25, 0.3) is 5.88 Å². The number of nitrogens with zero attached hydrogens (tertiary/aromatic N) is 4. The molecule has 5 rings (SSSR count). The van der Waals surface area contributed by atoms with Gasteiger partial charge in [0.2, 0.25) is 0 Å². The third-order valence-corrected chi connectivity index (χ3v) is 7.10. The second kappa shape index (κ2) is 10.7. The zero-order valence-electron chi connectivity index (χ0n) is 19.9. The molecule has 0 unspecified atom stereocenters. The van der Waals surface area contributed by atoms with Gasteiger partial charge in [0.1, 0.15) is 29.4 Å². The zero-order valence-corrected chi connectivity index (χ0v) is 19.9. The van der Waals surface area contributed by atoms with Gasteiger partial charge in [-0.1, -0.05) is 12.1 Å². The van der Waals surface area contributed by atoms with Crippen LogP contribution >= 0.6 is 0 Å². The molecule has 1 fully saturated rings. The number of anilines is 1. The maximum Gasteiger partial charge on any atom is 0.324 e. The first-order valence-corrected chi connectivity index (χ1v) is 12.5. The van der Waals surface area contributed by atoms with Crippen molar-refractivity contribution in [2.45, 2.75) is 57.0 Å². The highest BCUT2D eigenvalue weighted by Gasteiger charge is 2.41. The van der Waals surface area contributed by atoms with Crippen LogP contribution < -0.4 is 10.2 Å². The van der Waals surface area contributed by atoms with Crippen molar-refractivity contribution >= 4 is 22.7 Å². The van der Waals surface area contributed by atoms with E-state index in [0.29, 0.717) is 11.4 Å². The molecule has 2 aliphatic rings. The first-order chi connectivity index (χ1) is 17.5. The van der Waals surface area contributed by atoms with Crippen LogP contribution in [0.1, 0.15) is 43.4 Å². The highest BCUT2D eigenvalue weighted by atomic mass is 19.1. The Morgan fingerprint density at radius 3 is 2.92 bits per heavy atom. The maximum absolute atomic E-state index is 14.6. The van der Waals surface area contributed by atoms with E-state index in [1.807, 2.05) is 0 Å². The molecule has 190 valence electrons. The van der Waals surface area contributed by atoms with Crippen LogP contribution in [0, 0.1) is 11.7 Å². The quantitative estimate of drug-likeness (QED) is 0.364. The SMILES string of the molecule is O=C(O)[C@H](CCO)N(Oc1ncnc2cccc(F)c12)C1CC(CCc2ccc3c(n2)NCCC3)C1. The maximum atomic E-state index is 14.6. The number of hydrogen-bond acceptors (Lipinski definition) is 8. The van der Waals surface area contributed by atoms with Crippen LogP contribution in [0.15, 0.2) is 36.7 Å². The number of aryl methyl sites for hydroxylation is 2. The van der Waals surface area contributed by atoms with Crippen LogP contribution in [0.25, 0.3) is 10.9 Å². The van der Waals surface area contributed by atoms with Gasteiger partial charge in [-0.2, -0.15) is 4.98 Å². The molecular formula is C26H30FN5O4. The number of aliphatic hydroxyl groups excluding tert-OH is 1. The largest absolute Gasteiger partial charge is 0.480 e. The zero-order chi connectivity index (χ0) is 25.1. The van der Waals surface area contributed by atoms with Gasteiger partial charge >= 0.3 is 5.97 Å². The van der Waals surface area contributed by atoms with E-state index in [4.69, 9.17) is 9.82 Å². The van der Waals surface area contributed by atoms with Crippen LogP contribution in [0.2, 0.25) is 0 Å². The minimum atomic E-state index is -1.11. The standard InChI is InChI=1S/C26H30FN5O4/c27-20-4-1-5-21-23(20)25(30-15-29-21)36-32(22(10-12-33)26(34)35)19-13-16(14-19)6-8-18-9-7-17-3-2-11-28-24(17)31-18/h1,4-5,7,9,15-16,19,22,33H,2-3,6,8,10-14H2,(H,28,31)(H,34,35)/t16?,19?,22-/m0/s1. The molecule has 9 nitrogen and oxygen atoms in total. The van der Waals surface area contributed by atoms with E-state index >= 15 is 0 Å². The molecule has 1 atom stereocenters. The third kappa shape index (κ3) is 5.10. The summed E-state index contributed by atoms with van der Waals surface area (Å²) in [6, 6.07) is 7.43. The summed E-state index contributed by atoms with van der Waals surface area (Å²) in [5, 5.41) is 24.2. The van der Waals surface area contributed by atoms with E-state index in [1.54, 1.807) is 12.1 Å². The summed E-state index contributed by atoms with van der Waals surface area (Å²) in [6.07, 6.45) is 6.65. The van der Waals surface area contributed by atoms with Gasteiger partial charge in [0, 0.05) is 24.9 Å². The number of aliphatic carboxylic acids is 1. The third-order valence-electron chi connectivity index (χ3n) is 7.10. The number of carboxylic acids is 1. The van der Waals surface area contributed by atoms with E-state index in [-0.39, 0.29) is 30.3 Å². The summed E-state index contributed by atoms with van der Waals surface area (Å²) in [7, 11) is 0. The number of benzene rings is 1. The fourth-order valence-electron chi connectivity index (χ4n) is 5.09. The van der Waals surface area contributed by atoms with Crippen molar-refractivity contribution in [3.63, 3.8) is 0 Å². The van der Waals surface area contributed by atoms with Gasteiger partial charge in [0.05, 0.1) is 5.52 Å². The van der Waals surface area contributed by atoms with Crippen LogP contribution in [-0.2, 0) is 17.6 Å². The topological polar surface area (TPSA) is 121 Å². The van der Waals surface area contributed by atoms with Gasteiger partial charge in [-0.15, -0.1) is 5.06 Å². The number of aromatic nitrogens is 3. The first-order valence-electron chi connectivity index (χ1n) is 12.5. The number of fused-ring (bicyclic) bond motifs is 2. The van der Waals surface area contributed by atoms with Crippen molar-refractivity contribution in [1.82, 2.24) is 20.0 Å². The van der Waals surface area contributed by atoms with E-state index in [2.05, 4.69) is 27.4 Å². The smallest absolute Gasteiger partial charge is 0.324 e. The average Bonchev–Trinajstić information content (AvgIpc) is 2.85. The molecule has 1 aliphatic heterocycles. The summed E-state index contributed by atoms with van der Waals surface area (Å²) in [5.41, 5.74) is 2.68. The van der Waals surface area contributed by atoms with E-state index in [9.17, 15) is 19.4 Å². The van der Waals surface area contributed by atoms with E-state index in [1.165, 1.54) is 23.0 Å². The van der Waals surface area contributed by atoms with Crippen molar-refractivity contribution in [2.24, 2.45) is 5.92 Å². The number of hydrogen-bond donors (Lipinski definition) is 3. The molecule has 3 heterocycles. The number of aliphatic hydroxyl groups is 1. The Morgan fingerprint density at radius 2 is 2.11 bits per heavy atom. The molecule has 0 saturated heterocycles. The van der Waals surface area contributed by atoms with Gasteiger partial charge in [-0.25, -0.2) is 14.4 Å². The number of nitrogens with one attached hydrogen (secondary N) is 1. The molecule has 1 aliphatic carbocycles. The number of carboxylic acid groups (broad SMARTS) is 1. The normalized spacial score (nSPS) is 19.9. The molecule has 1 aromatic carbocycles. The fraction of sp³-hybridized carbons (Fsp3) is 0.462. The Morgan fingerprint density at radius 1 is 1.25 bits per heavy atom. The molecule has 10 heteroatoms. The monoisotopic (exact) mass is 495 g/mol. The Bertz CT molecular complexity index is 1230. The molecule has 0 spiro atoms. The Kier molecular flexibility index (Phi) is 7.24. The first kappa shape index (κ1) is 24.3. The van der Waals surface area contributed by atoms with Gasteiger partial charge in [-0.3, -0.25) is 4.79 Å². The number of rotatable bonds is 10. The van der Waals surface area contributed by atoms with Gasteiger partial charge < -0.3 is 20.4 Å². The summed E-state index contributed by atoms with van der Waals surface area (Å²) in [5.74, 6) is -0.319. The molecule has 1 saturated carbocycles. The molecule has 0 bridgehead atoms. The molecule has 3 aromatic rings. The predicted octanol–water partition coefficient (Wildman–Crippen LogP) is 3.36. The number of hydroxylamine groups is 2. The van der Waals surface area contributed by atoms with Crippen LogP contribution in [0.5, 0.6) is 5.88 Å². The molecule has 0 radical (unpaired) electrons. The van der Waals surface area contributed by atoms with Crippen molar-refractivity contribution in [3.8, 4) is 5.88 Å². The molecule has 0 amide bonds. The number of carbonyl (C=O) groups is 1. The van der Waals surface area contributed by atoms with Gasteiger partial charge in [-0.05, 0) is 74.6 Å². The lowest BCUT2D eigenvalue weighted by molar-refractivity contribution is -0.187. The second-order valence-electron chi connectivity index (χ2n) is 9.50. The Labute approximate surface area is 208 Å². The number of pyridine rings is 1. The van der Waals surface area contributed by atoms with Gasteiger partial charge in [0.15, 0.2) is 0 Å². The predicted molar refractivity (Wildman–Crippen MR) is 131 cm³/mol. The molecule has 36 heavy (non-hydrogen) atoms. The molecular weight excluding hydrogens is 465 g/mol. The van der Waals surface area contributed by atoms with E-state index in [0.717, 1.165) is 56.6 Å². The molecule has 3 N–H and O–H groups in total. The minimum absolute atomic E-state index is 0.0198. The summed E-state index contributed by atoms with van der Waals surface area (Å²) in [6.45, 7) is 0.636. The van der Waals surface area contributed by atoms with E-state index < -0.39 is 17.8 Å². The van der Waals surface area contributed by atoms with Crippen LogP contribution in [0.4, 0.5) is 10.2 Å². The Balaban J connectivity index is 1.28. The summed E-state index contributed by atoms with van der Waals surface area (Å²) < 4.78 is 14.6. The number of halogens is 1. The van der Waals surface area contributed by atoms with Crippen LogP contribution in [0.3, 0.4) is 0 Å². The van der Waals surface area contributed by atoms with Crippen molar-refractivity contribution in [1.29, 1.82) is 0 Å². The lowest BCUT2D eigenvalue weighted by atomic mass is 9.76. The Hall–Kier alpha value is -3.37. The van der Waals surface area contributed by atoms with Crippen molar-refractivity contribution in [2.75, 3.05) is 18.5 Å². The highest BCUT2D eigenvalue weighted by molar-refractivity contribution is 5.83. The summed E-state index contributed by atoms with van der Waals surface area (Å²) >= 11 is 0. The highest BCUT2D eigenvalue weighted by Crippen LogP contribution is 2.38. The lowest BCUT2D eigenvalue weighted by Gasteiger charge is -2.43. The van der Waals surface area contributed by atoms with Crippen LogP contribution in [-0.4, -0.2) is 61.4 Å².